The summed E-state index contributed by atoms with van der Waals surface area (Å²) in [6.45, 7) is 1.97. The van der Waals surface area contributed by atoms with Crippen molar-refractivity contribution in [2.24, 2.45) is 0 Å². The Balaban J connectivity index is 2.26. The fourth-order valence-corrected chi connectivity index (χ4v) is 4.72. The van der Waals surface area contributed by atoms with Gasteiger partial charge >= 0.3 is 5.97 Å². The number of hydrogen-bond donors (Lipinski definition) is 1. The number of carboxylic acids is 1. The Labute approximate surface area is 147 Å². The quantitative estimate of drug-likeness (QED) is 0.609. The summed E-state index contributed by atoms with van der Waals surface area (Å²) in [7, 11) is 0. The summed E-state index contributed by atoms with van der Waals surface area (Å²) in [4.78, 5) is 26.7. The number of amides is 1. The average molecular weight is 374 g/mol. The van der Waals surface area contributed by atoms with E-state index in [1.807, 2.05) is 24.6 Å². The van der Waals surface area contributed by atoms with E-state index in [-0.39, 0.29) is 5.91 Å². The number of thiophene rings is 1. The fourth-order valence-electron chi connectivity index (χ4n) is 1.99. The van der Waals surface area contributed by atoms with Crippen molar-refractivity contribution >= 4 is 69.4 Å². The molecule has 0 aromatic carbocycles. The molecule has 2 heterocycles. The number of thiocarbonyl (C=S) groups is 1. The van der Waals surface area contributed by atoms with E-state index in [1.165, 1.54) is 16.7 Å². The Kier molecular flexibility index (Phi) is 6.08. The maximum atomic E-state index is 12.5. The van der Waals surface area contributed by atoms with Gasteiger partial charge in [-0.3, -0.25) is 9.69 Å². The van der Waals surface area contributed by atoms with Crippen LogP contribution in [-0.4, -0.2) is 44.3 Å². The number of aliphatic carboxylic acids is 1. The highest BCUT2D eigenvalue weighted by atomic mass is 32.2. The molecule has 22 heavy (non-hydrogen) atoms. The first kappa shape index (κ1) is 17.5. The van der Waals surface area contributed by atoms with E-state index in [0.29, 0.717) is 21.4 Å². The molecule has 0 saturated carbocycles. The monoisotopic (exact) mass is 373 g/mol. The predicted octanol–water partition coefficient (Wildman–Crippen LogP) is 3.46. The normalized spacial score (nSPS) is 18.3. The Bertz CT molecular complexity index is 638. The minimum absolute atomic E-state index is 0.309. The molecule has 1 aliphatic heterocycles. The third-order valence-electron chi connectivity index (χ3n) is 3.18. The summed E-state index contributed by atoms with van der Waals surface area (Å²) in [6.07, 6.45) is 4.09. The Hall–Kier alpha value is -0.830. The van der Waals surface area contributed by atoms with Gasteiger partial charge in [-0.1, -0.05) is 24.0 Å². The molecule has 1 aliphatic rings. The zero-order valence-electron chi connectivity index (χ0n) is 12.1. The topological polar surface area (TPSA) is 57.6 Å². The summed E-state index contributed by atoms with van der Waals surface area (Å²) >= 11 is 9.50. The Morgan fingerprint density at radius 2 is 2.32 bits per heavy atom. The number of hydrogen-bond acceptors (Lipinski definition) is 6. The van der Waals surface area contributed by atoms with Crippen LogP contribution >= 0.6 is 47.1 Å². The highest BCUT2D eigenvalue weighted by molar-refractivity contribution is 8.26. The number of carbonyl (C=O) groups is 2. The van der Waals surface area contributed by atoms with Gasteiger partial charge in [0.05, 0.1) is 4.91 Å². The molecule has 2 rings (SSSR count). The second kappa shape index (κ2) is 7.63. The van der Waals surface area contributed by atoms with Crippen LogP contribution in [-0.2, 0) is 9.59 Å². The Morgan fingerprint density at radius 3 is 2.86 bits per heavy atom. The minimum atomic E-state index is -1.01. The maximum absolute atomic E-state index is 12.5. The van der Waals surface area contributed by atoms with Crippen LogP contribution in [0.3, 0.4) is 0 Å². The molecule has 0 bridgehead atoms. The zero-order chi connectivity index (χ0) is 16.3. The van der Waals surface area contributed by atoms with Gasteiger partial charge in [0, 0.05) is 4.88 Å². The van der Waals surface area contributed by atoms with E-state index in [1.54, 1.807) is 29.2 Å². The molecule has 0 radical (unpaired) electrons. The van der Waals surface area contributed by atoms with Crippen LogP contribution < -0.4 is 0 Å². The molecule has 1 aromatic rings. The van der Waals surface area contributed by atoms with Crippen LogP contribution in [0.4, 0.5) is 0 Å². The van der Waals surface area contributed by atoms with E-state index in [2.05, 4.69) is 0 Å². The van der Waals surface area contributed by atoms with Gasteiger partial charge in [0.2, 0.25) is 0 Å². The van der Waals surface area contributed by atoms with Crippen molar-refractivity contribution in [2.45, 2.75) is 19.4 Å². The molecule has 4 nitrogen and oxygen atoms in total. The number of aryl methyl sites for hydroxylation is 1. The van der Waals surface area contributed by atoms with Gasteiger partial charge < -0.3 is 5.11 Å². The van der Waals surface area contributed by atoms with Crippen LogP contribution in [0.1, 0.15) is 16.9 Å². The van der Waals surface area contributed by atoms with Gasteiger partial charge in [-0.05, 0) is 48.4 Å². The SMILES string of the molecule is CSCC[C@H](C(=O)O)N1C(=O)/C(=C\c2sccc2C)SC1=S. The zero-order valence-corrected chi connectivity index (χ0v) is 15.3. The molecule has 8 heteroatoms. The number of carbonyl (C=O) groups excluding carboxylic acids is 1. The van der Waals surface area contributed by atoms with E-state index < -0.39 is 12.0 Å². The maximum Gasteiger partial charge on any atom is 0.326 e. The molecule has 1 N–H and O–H groups in total. The van der Waals surface area contributed by atoms with Crippen molar-refractivity contribution in [3.8, 4) is 0 Å². The van der Waals surface area contributed by atoms with Crippen molar-refractivity contribution in [3.05, 3.63) is 26.8 Å². The van der Waals surface area contributed by atoms with Crippen molar-refractivity contribution in [3.63, 3.8) is 0 Å². The molecular formula is C14H15NO3S4. The van der Waals surface area contributed by atoms with Crippen molar-refractivity contribution < 1.29 is 14.7 Å². The summed E-state index contributed by atoms with van der Waals surface area (Å²) in [5.74, 6) is -0.660. The highest BCUT2D eigenvalue weighted by Gasteiger charge is 2.40. The third kappa shape index (κ3) is 3.73. The molecule has 1 atom stereocenters. The lowest BCUT2D eigenvalue weighted by molar-refractivity contribution is -0.145. The molecule has 1 fully saturated rings. The lowest BCUT2D eigenvalue weighted by Gasteiger charge is -2.22. The van der Waals surface area contributed by atoms with Gasteiger partial charge in [0.15, 0.2) is 0 Å². The Morgan fingerprint density at radius 1 is 1.59 bits per heavy atom. The first-order valence-corrected chi connectivity index (χ1v) is 9.98. The largest absolute Gasteiger partial charge is 0.480 e. The standard InChI is InChI=1S/C14H15NO3S4/c1-8-3-6-21-10(8)7-11-12(16)15(14(19)22-11)9(13(17)18)4-5-20-2/h3,6-7,9H,4-5H2,1-2H3,(H,17,18)/b11-7+/t9-/m1/s1. The van der Waals surface area contributed by atoms with E-state index in [4.69, 9.17) is 12.2 Å². The summed E-state index contributed by atoms with van der Waals surface area (Å²) in [6, 6.07) is 1.09. The fraction of sp³-hybridized carbons (Fsp3) is 0.357. The van der Waals surface area contributed by atoms with Crippen LogP contribution in [0.25, 0.3) is 6.08 Å². The highest BCUT2D eigenvalue weighted by Crippen LogP contribution is 2.36. The average Bonchev–Trinajstić information content (AvgIpc) is 2.97. The first-order chi connectivity index (χ1) is 10.5. The van der Waals surface area contributed by atoms with E-state index >= 15 is 0 Å². The van der Waals surface area contributed by atoms with Gasteiger partial charge in [-0.2, -0.15) is 11.8 Å². The second-order valence-corrected chi connectivity index (χ2v) is 8.26. The van der Waals surface area contributed by atoms with Crippen LogP contribution in [0.5, 0.6) is 0 Å². The van der Waals surface area contributed by atoms with Crippen molar-refractivity contribution in [2.75, 3.05) is 12.0 Å². The first-order valence-electron chi connectivity index (χ1n) is 6.48. The smallest absolute Gasteiger partial charge is 0.326 e. The molecular weight excluding hydrogens is 358 g/mol. The van der Waals surface area contributed by atoms with Gasteiger partial charge in [-0.15, -0.1) is 11.3 Å². The predicted molar refractivity (Wildman–Crippen MR) is 98.5 cm³/mol. The number of rotatable bonds is 6. The van der Waals surface area contributed by atoms with Crippen molar-refractivity contribution in [1.82, 2.24) is 4.90 Å². The molecule has 1 amide bonds. The molecule has 0 aliphatic carbocycles. The summed E-state index contributed by atoms with van der Waals surface area (Å²) < 4.78 is 0.318. The van der Waals surface area contributed by atoms with E-state index in [9.17, 15) is 14.7 Å². The number of carboxylic acid groups (broad SMARTS) is 1. The summed E-state index contributed by atoms with van der Waals surface area (Å²) in [5, 5.41) is 11.4. The minimum Gasteiger partial charge on any atom is -0.480 e. The second-order valence-electron chi connectivity index (χ2n) is 4.66. The lowest BCUT2D eigenvalue weighted by Crippen LogP contribution is -2.44. The molecule has 0 unspecified atom stereocenters. The van der Waals surface area contributed by atoms with Gasteiger partial charge in [0.25, 0.3) is 5.91 Å². The van der Waals surface area contributed by atoms with Gasteiger partial charge in [-0.25, -0.2) is 4.79 Å². The third-order valence-corrected chi connectivity index (χ3v) is 6.12. The number of nitrogens with zero attached hydrogens (tertiary/aromatic N) is 1. The van der Waals surface area contributed by atoms with Crippen LogP contribution in [0, 0.1) is 6.92 Å². The molecule has 1 aromatic heterocycles. The number of thioether (sulfide) groups is 2. The van der Waals surface area contributed by atoms with Crippen LogP contribution in [0.15, 0.2) is 16.4 Å². The van der Waals surface area contributed by atoms with Crippen molar-refractivity contribution in [1.29, 1.82) is 0 Å². The van der Waals surface area contributed by atoms with Gasteiger partial charge in [0.1, 0.15) is 10.4 Å². The molecule has 0 spiro atoms. The summed E-state index contributed by atoms with van der Waals surface area (Å²) in [5.41, 5.74) is 1.09. The van der Waals surface area contributed by atoms with E-state index in [0.717, 1.165) is 10.4 Å². The molecule has 118 valence electrons. The van der Waals surface area contributed by atoms with Crippen LogP contribution in [0.2, 0.25) is 0 Å². The lowest BCUT2D eigenvalue weighted by atomic mass is 10.2. The molecule has 1 saturated heterocycles.